The minimum absolute atomic E-state index is 0.136. The Labute approximate surface area is 65.2 Å². The van der Waals surface area contributed by atoms with Gasteiger partial charge in [-0.25, -0.2) is 0 Å². The van der Waals surface area contributed by atoms with Gasteiger partial charge in [-0.05, 0) is 16.9 Å². The third kappa shape index (κ3) is 1.29. The van der Waals surface area contributed by atoms with E-state index in [2.05, 4.69) is 25.1 Å². The van der Waals surface area contributed by atoms with E-state index in [0.29, 0.717) is 5.82 Å². The lowest BCUT2D eigenvalue weighted by Gasteiger charge is -2.16. The minimum Gasteiger partial charge on any atom is -0.383 e. The molecule has 1 aromatic rings. The maximum absolute atomic E-state index is 5.63. The largest absolute Gasteiger partial charge is 0.383 e. The molecule has 0 aliphatic carbocycles. The summed E-state index contributed by atoms with van der Waals surface area (Å²) in [5.74, 6) is 0.678. The summed E-state index contributed by atoms with van der Waals surface area (Å²) >= 11 is 1.42. The van der Waals surface area contributed by atoms with Gasteiger partial charge in [0.2, 0.25) is 0 Å². The Morgan fingerprint density at radius 3 is 2.30 bits per heavy atom. The number of rotatable bonds is 0. The summed E-state index contributed by atoms with van der Waals surface area (Å²) in [5, 5.41) is 2.01. The second kappa shape index (κ2) is 2.23. The van der Waals surface area contributed by atoms with Crippen molar-refractivity contribution in [1.82, 2.24) is 4.37 Å². The Bertz CT molecular complexity index is 222. The van der Waals surface area contributed by atoms with Crippen molar-refractivity contribution in [3.05, 3.63) is 10.9 Å². The standard InChI is InChI=1S/C7H12N2S/c1-7(2,3)5-4-10-9-6(5)8/h4H,1-3H3,(H2,8,9). The smallest absolute Gasteiger partial charge is 0.140 e. The highest BCUT2D eigenvalue weighted by molar-refractivity contribution is 7.04. The molecule has 2 N–H and O–H groups in total. The fraction of sp³-hybridized carbons (Fsp3) is 0.571. The lowest BCUT2D eigenvalue weighted by atomic mass is 9.89. The zero-order valence-corrected chi connectivity index (χ0v) is 7.33. The molecule has 1 rings (SSSR count). The monoisotopic (exact) mass is 156 g/mol. The lowest BCUT2D eigenvalue weighted by Crippen LogP contribution is -2.12. The quantitative estimate of drug-likeness (QED) is 0.624. The summed E-state index contributed by atoms with van der Waals surface area (Å²) in [4.78, 5) is 0. The molecular formula is C7H12N2S. The van der Waals surface area contributed by atoms with Crippen LogP contribution in [0.4, 0.5) is 5.82 Å². The van der Waals surface area contributed by atoms with Gasteiger partial charge < -0.3 is 5.73 Å². The fourth-order valence-corrected chi connectivity index (χ4v) is 1.65. The van der Waals surface area contributed by atoms with Crippen molar-refractivity contribution in [2.45, 2.75) is 26.2 Å². The highest BCUT2D eigenvalue weighted by Crippen LogP contribution is 2.27. The Balaban J connectivity index is 3.05. The predicted molar refractivity (Wildman–Crippen MR) is 45.2 cm³/mol. The van der Waals surface area contributed by atoms with E-state index in [-0.39, 0.29) is 5.41 Å². The topological polar surface area (TPSA) is 38.9 Å². The van der Waals surface area contributed by atoms with Gasteiger partial charge in [-0.3, -0.25) is 0 Å². The Kier molecular flexibility index (Phi) is 1.68. The van der Waals surface area contributed by atoms with Crippen LogP contribution >= 0.6 is 11.5 Å². The van der Waals surface area contributed by atoms with E-state index >= 15 is 0 Å². The second-order valence-electron chi connectivity index (χ2n) is 3.36. The van der Waals surface area contributed by atoms with E-state index in [1.54, 1.807) is 0 Å². The molecule has 0 amide bonds. The van der Waals surface area contributed by atoms with Gasteiger partial charge in [0, 0.05) is 10.9 Å². The summed E-state index contributed by atoms with van der Waals surface area (Å²) in [7, 11) is 0. The second-order valence-corrected chi connectivity index (χ2v) is 3.99. The number of anilines is 1. The molecule has 0 saturated carbocycles. The summed E-state index contributed by atoms with van der Waals surface area (Å²) in [5.41, 5.74) is 6.91. The highest BCUT2D eigenvalue weighted by Gasteiger charge is 2.17. The third-order valence-electron chi connectivity index (χ3n) is 1.41. The van der Waals surface area contributed by atoms with E-state index in [4.69, 9.17) is 5.73 Å². The zero-order valence-electron chi connectivity index (χ0n) is 6.51. The van der Waals surface area contributed by atoms with Gasteiger partial charge in [0.15, 0.2) is 0 Å². The van der Waals surface area contributed by atoms with Crippen molar-refractivity contribution in [1.29, 1.82) is 0 Å². The van der Waals surface area contributed by atoms with Crippen LogP contribution in [-0.4, -0.2) is 4.37 Å². The van der Waals surface area contributed by atoms with Crippen molar-refractivity contribution in [2.75, 3.05) is 5.73 Å². The van der Waals surface area contributed by atoms with E-state index in [9.17, 15) is 0 Å². The Hall–Kier alpha value is -0.570. The first-order valence-electron chi connectivity index (χ1n) is 3.22. The molecule has 1 heterocycles. The molecule has 0 bridgehead atoms. The third-order valence-corrected chi connectivity index (χ3v) is 2.05. The van der Waals surface area contributed by atoms with Crippen molar-refractivity contribution in [3.8, 4) is 0 Å². The first-order valence-corrected chi connectivity index (χ1v) is 4.06. The average Bonchev–Trinajstić information content (AvgIpc) is 2.11. The van der Waals surface area contributed by atoms with E-state index in [1.807, 2.05) is 5.38 Å². The fourth-order valence-electron chi connectivity index (χ4n) is 0.806. The Morgan fingerprint density at radius 1 is 1.50 bits per heavy atom. The van der Waals surface area contributed by atoms with Gasteiger partial charge in [-0.1, -0.05) is 20.8 Å². The summed E-state index contributed by atoms with van der Waals surface area (Å²) in [6.07, 6.45) is 0. The highest BCUT2D eigenvalue weighted by atomic mass is 32.1. The van der Waals surface area contributed by atoms with Gasteiger partial charge in [-0.15, -0.1) is 0 Å². The molecule has 56 valence electrons. The van der Waals surface area contributed by atoms with Crippen LogP contribution in [0.5, 0.6) is 0 Å². The number of hydrogen-bond donors (Lipinski definition) is 1. The molecule has 0 aliphatic rings. The van der Waals surface area contributed by atoms with Crippen LogP contribution in [-0.2, 0) is 5.41 Å². The zero-order chi connectivity index (χ0) is 7.78. The van der Waals surface area contributed by atoms with E-state index in [0.717, 1.165) is 5.56 Å². The van der Waals surface area contributed by atoms with Crippen molar-refractivity contribution < 1.29 is 0 Å². The maximum Gasteiger partial charge on any atom is 0.140 e. The lowest BCUT2D eigenvalue weighted by molar-refractivity contribution is 0.594. The molecule has 0 aliphatic heterocycles. The summed E-state index contributed by atoms with van der Waals surface area (Å²) in [6, 6.07) is 0. The summed E-state index contributed by atoms with van der Waals surface area (Å²) < 4.78 is 4.00. The first kappa shape index (κ1) is 7.54. The van der Waals surface area contributed by atoms with Gasteiger partial charge in [0.1, 0.15) is 5.82 Å². The van der Waals surface area contributed by atoms with Crippen LogP contribution in [0.25, 0.3) is 0 Å². The van der Waals surface area contributed by atoms with Gasteiger partial charge in [-0.2, -0.15) is 4.37 Å². The molecule has 0 radical (unpaired) electrons. The van der Waals surface area contributed by atoms with Crippen molar-refractivity contribution in [2.24, 2.45) is 0 Å². The van der Waals surface area contributed by atoms with Crippen LogP contribution in [0, 0.1) is 0 Å². The van der Waals surface area contributed by atoms with Crippen molar-refractivity contribution in [3.63, 3.8) is 0 Å². The predicted octanol–water partition coefficient (Wildman–Crippen LogP) is 2.02. The van der Waals surface area contributed by atoms with Crippen LogP contribution in [0.15, 0.2) is 5.38 Å². The molecule has 3 heteroatoms. The number of aromatic nitrogens is 1. The minimum atomic E-state index is 0.136. The molecule has 0 spiro atoms. The number of nitrogens with zero attached hydrogens (tertiary/aromatic N) is 1. The average molecular weight is 156 g/mol. The molecule has 0 saturated heterocycles. The maximum atomic E-state index is 5.63. The molecule has 1 aromatic heterocycles. The normalized spacial score (nSPS) is 11.9. The van der Waals surface area contributed by atoms with Crippen molar-refractivity contribution >= 4 is 17.4 Å². The van der Waals surface area contributed by atoms with Gasteiger partial charge in [0.25, 0.3) is 0 Å². The first-order chi connectivity index (χ1) is 4.52. The SMILES string of the molecule is CC(C)(C)c1csnc1N. The van der Waals surface area contributed by atoms with Crippen LogP contribution < -0.4 is 5.73 Å². The Morgan fingerprint density at radius 2 is 2.10 bits per heavy atom. The number of hydrogen-bond acceptors (Lipinski definition) is 3. The molecule has 10 heavy (non-hydrogen) atoms. The van der Waals surface area contributed by atoms with Crippen LogP contribution in [0.1, 0.15) is 26.3 Å². The molecule has 0 fully saturated rings. The molecular weight excluding hydrogens is 144 g/mol. The van der Waals surface area contributed by atoms with Crippen LogP contribution in [0.2, 0.25) is 0 Å². The molecule has 2 nitrogen and oxygen atoms in total. The van der Waals surface area contributed by atoms with E-state index in [1.165, 1.54) is 11.5 Å². The van der Waals surface area contributed by atoms with E-state index < -0.39 is 0 Å². The molecule has 0 unspecified atom stereocenters. The molecule has 0 atom stereocenters. The van der Waals surface area contributed by atoms with Gasteiger partial charge >= 0.3 is 0 Å². The van der Waals surface area contributed by atoms with Crippen LogP contribution in [0.3, 0.4) is 0 Å². The number of nitrogens with two attached hydrogens (primary N) is 1. The van der Waals surface area contributed by atoms with Gasteiger partial charge in [0.05, 0.1) is 0 Å². The number of nitrogen functional groups attached to an aromatic ring is 1. The molecule has 0 aromatic carbocycles. The summed E-state index contributed by atoms with van der Waals surface area (Å²) in [6.45, 7) is 6.40.